The van der Waals surface area contributed by atoms with Gasteiger partial charge in [-0.15, -0.1) is 0 Å². The van der Waals surface area contributed by atoms with Crippen LogP contribution >= 0.6 is 11.3 Å². The van der Waals surface area contributed by atoms with Gasteiger partial charge in [-0.25, -0.2) is 9.78 Å². The van der Waals surface area contributed by atoms with Gasteiger partial charge in [0.05, 0.1) is 10.6 Å². The fourth-order valence-electron chi connectivity index (χ4n) is 2.20. The molecule has 0 saturated heterocycles. The second-order valence-corrected chi connectivity index (χ2v) is 6.31. The van der Waals surface area contributed by atoms with Gasteiger partial charge in [-0.3, -0.25) is 20.0 Å². The SMILES string of the molecule is Cc1nc(-c2cccnc2)sc1N(C)C(=O)Oc1ccc([N+](=O)[O-])cc1. The molecular weight excluding hydrogens is 356 g/mol. The van der Waals surface area contributed by atoms with Crippen molar-refractivity contribution in [1.29, 1.82) is 0 Å². The van der Waals surface area contributed by atoms with Gasteiger partial charge >= 0.3 is 6.09 Å². The fourth-order valence-corrected chi connectivity index (χ4v) is 3.21. The van der Waals surface area contributed by atoms with Crippen LogP contribution in [0.1, 0.15) is 5.69 Å². The van der Waals surface area contributed by atoms with Crippen molar-refractivity contribution in [1.82, 2.24) is 9.97 Å². The molecule has 26 heavy (non-hydrogen) atoms. The third-order valence-corrected chi connectivity index (χ3v) is 4.79. The molecule has 0 unspecified atom stereocenters. The number of aromatic nitrogens is 2. The summed E-state index contributed by atoms with van der Waals surface area (Å²) in [5.41, 5.74) is 1.48. The van der Waals surface area contributed by atoms with Crippen molar-refractivity contribution in [2.75, 3.05) is 11.9 Å². The van der Waals surface area contributed by atoms with E-state index in [1.807, 2.05) is 12.1 Å². The maximum atomic E-state index is 12.4. The Balaban J connectivity index is 1.76. The number of benzene rings is 1. The Morgan fingerprint density at radius 3 is 2.62 bits per heavy atom. The summed E-state index contributed by atoms with van der Waals surface area (Å²) in [5.74, 6) is 0.224. The van der Waals surface area contributed by atoms with E-state index in [9.17, 15) is 14.9 Å². The first-order valence-corrected chi connectivity index (χ1v) is 8.35. The van der Waals surface area contributed by atoms with Crippen molar-refractivity contribution in [2.24, 2.45) is 0 Å². The predicted molar refractivity (Wildman–Crippen MR) is 97.6 cm³/mol. The topological polar surface area (TPSA) is 98.5 Å². The van der Waals surface area contributed by atoms with Gasteiger partial charge in [-0.05, 0) is 31.2 Å². The van der Waals surface area contributed by atoms with E-state index in [1.165, 1.54) is 40.5 Å². The van der Waals surface area contributed by atoms with Crippen LogP contribution in [0, 0.1) is 17.0 Å². The van der Waals surface area contributed by atoms with E-state index >= 15 is 0 Å². The zero-order chi connectivity index (χ0) is 18.7. The predicted octanol–water partition coefficient (Wildman–Crippen LogP) is 4.06. The van der Waals surface area contributed by atoms with Gasteiger partial charge in [0, 0.05) is 37.1 Å². The molecule has 8 nitrogen and oxygen atoms in total. The maximum absolute atomic E-state index is 12.4. The van der Waals surface area contributed by atoms with Crippen LogP contribution in [0.4, 0.5) is 15.5 Å². The number of aryl methyl sites for hydroxylation is 1. The Kier molecular flexibility index (Phi) is 4.90. The highest BCUT2D eigenvalue weighted by Gasteiger charge is 2.20. The second-order valence-electron chi connectivity index (χ2n) is 5.33. The highest BCUT2D eigenvalue weighted by molar-refractivity contribution is 7.19. The molecule has 0 radical (unpaired) electrons. The highest BCUT2D eigenvalue weighted by atomic mass is 32.1. The minimum atomic E-state index is -0.608. The van der Waals surface area contributed by atoms with Crippen LogP contribution < -0.4 is 9.64 Å². The Bertz CT molecular complexity index is 941. The Morgan fingerprint density at radius 1 is 1.27 bits per heavy atom. The summed E-state index contributed by atoms with van der Waals surface area (Å²) < 4.78 is 5.27. The maximum Gasteiger partial charge on any atom is 0.420 e. The van der Waals surface area contributed by atoms with Crippen molar-refractivity contribution < 1.29 is 14.5 Å². The van der Waals surface area contributed by atoms with Gasteiger partial charge in [0.2, 0.25) is 0 Å². The van der Waals surface area contributed by atoms with Gasteiger partial charge in [0.15, 0.2) is 0 Å². The number of amides is 1. The van der Waals surface area contributed by atoms with E-state index in [0.29, 0.717) is 10.7 Å². The number of hydrogen-bond donors (Lipinski definition) is 0. The molecule has 0 aliphatic carbocycles. The van der Waals surface area contributed by atoms with Gasteiger partial charge in [-0.1, -0.05) is 11.3 Å². The Hall–Kier alpha value is -3.33. The summed E-state index contributed by atoms with van der Waals surface area (Å²) in [6, 6.07) is 9.03. The van der Waals surface area contributed by atoms with Crippen molar-refractivity contribution >= 4 is 28.1 Å². The van der Waals surface area contributed by atoms with E-state index in [0.717, 1.165) is 10.6 Å². The molecule has 0 aliphatic heterocycles. The van der Waals surface area contributed by atoms with E-state index < -0.39 is 11.0 Å². The number of rotatable bonds is 4. The number of nitro benzene ring substituents is 1. The molecule has 0 aliphatic rings. The van der Waals surface area contributed by atoms with E-state index in [2.05, 4.69) is 9.97 Å². The molecule has 2 aromatic heterocycles. The van der Waals surface area contributed by atoms with Crippen LogP contribution in [0.15, 0.2) is 48.8 Å². The molecule has 1 aromatic carbocycles. The molecule has 2 heterocycles. The standard InChI is InChI=1S/C17H14N4O4S/c1-11-16(26-15(19-11)12-4-3-9-18-10-12)20(2)17(22)25-14-7-5-13(6-8-14)21(23)24/h3-10H,1-2H3. The van der Waals surface area contributed by atoms with Crippen molar-refractivity contribution in [3.63, 3.8) is 0 Å². The summed E-state index contributed by atoms with van der Waals surface area (Å²) in [5, 5.41) is 12.1. The van der Waals surface area contributed by atoms with Crippen LogP contribution in [0.2, 0.25) is 0 Å². The number of thiazole rings is 1. The van der Waals surface area contributed by atoms with E-state index in [-0.39, 0.29) is 11.4 Å². The molecule has 0 fully saturated rings. The van der Waals surface area contributed by atoms with Gasteiger partial charge in [-0.2, -0.15) is 0 Å². The number of nitro groups is 1. The summed E-state index contributed by atoms with van der Waals surface area (Å²) in [6.07, 6.45) is 2.78. The molecule has 0 N–H and O–H groups in total. The van der Waals surface area contributed by atoms with E-state index in [1.54, 1.807) is 26.4 Å². The lowest BCUT2D eigenvalue weighted by Crippen LogP contribution is -2.29. The molecule has 0 atom stereocenters. The van der Waals surface area contributed by atoms with Crippen molar-refractivity contribution in [3.8, 4) is 16.3 Å². The Labute approximate surface area is 152 Å². The largest absolute Gasteiger partial charge is 0.420 e. The molecular formula is C17H14N4O4S. The molecule has 3 aromatic rings. The molecule has 0 saturated carbocycles. The zero-order valence-electron chi connectivity index (χ0n) is 13.9. The van der Waals surface area contributed by atoms with Crippen LogP contribution in [-0.2, 0) is 0 Å². The minimum Gasteiger partial charge on any atom is -0.410 e. The van der Waals surface area contributed by atoms with Crippen LogP contribution in [-0.4, -0.2) is 28.0 Å². The lowest BCUT2D eigenvalue weighted by Gasteiger charge is -2.15. The number of pyridine rings is 1. The average molecular weight is 370 g/mol. The summed E-state index contributed by atoms with van der Waals surface area (Å²) in [7, 11) is 1.58. The van der Waals surface area contributed by atoms with Crippen LogP contribution in [0.25, 0.3) is 10.6 Å². The fraction of sp³-hybridized carbons (Fsp3) is 0.118. The normalized spacial score (nSPS) is 10.4. The quantitative estimate of drug-likeness (QED) is 0.507. The third kappa shape index (κ3) is 3.67. The molecule has 9 heteroatoms. The number of anilines is 1. The minimum absolute atomic E-state index is 0.0717. The first kappa shape index (κ1) is 17.5. The molecule has 3 rings (SSSR count). The van der Waals surface area contributed by atoms with Crippen LogP contribution in [0.3, 0.4) is 0 Å². The lowest BCUT2D eigenvalue weighted by atomic mass is 10.3. The first-order valence-electron chi connectivity index (χ1n) is 7.53. The van der Waals surface area contributed by atoms with Gasteiger partial charge < -0.3 is 4.74 Å². The molecule has 0 spiro atoms. The summed E-state index contributed by atoms with van der Waals surface area (Å²) in [4.78, 5) is 32.4. The zero-order valence-corrected chi connectivity index (χ0v) is 14.8. The van der Waals surface area contributed by atoms with Gasteiger partial charge in [0.1, 0.15) is 15.8 Å². The second kappa shape index (κ2) is 7.28. The summed E-state index contributed by atoms with van der Waals surface area (Å²) >= 11 is 1.35. The number of ether oxygens (including phenoxy) is 1. The first-order chi connectivity index (χ1) is 12.5. The summed E-state index contributed by atoms with van der Waals surface area (Å²) in [6.45, 7) is 1.81. The van der Waals surface area contributed by atoms with Gasteiger partial charge in [0.25, 0.3) is 5.69 Å². The molecule has 1 amide bonds. The lowest BCUT2D eigenvalue weighted by molar-refractivity contribution is -0.384. The third-order valence-electron chi connectivity index (χ3n) is 3.51. The number of carbonyl (C=O) groups excluding carboxylic acids is 1. The molecule has 132 valence electrons. The van der Waals surface area contributed by atoms with E-state index in [4.69, 9.17) is 4.74 Å². The Morgan fingerprint density at radius 2 is 2.00 bits per heavy atom. The number of non-ortho nitro benzene ring substituents is 1. The van der Waals surface area contributed by atoms with Crippen molar-refractivity contribution in [2.45, 2.75) is 6.92 Å². The van der Waals surface area contributed by atoms with Crippen LogP contribution in [0.5, 0.6) is 5.75 Å². The molecule has 0 bridgehead atoms. The number of hydrogen-bond acceptors (Lipinski definition) is 7. The highest BCUT2D eigenvalue weighted by Crippen LogP contribution is 2.34. The number of nitrogens with zero attached hydrogens (tertiary/aromatic N) is 4. The monoisotopic (exact) mass is 370 g/mol. The average Bonchev–Trinajstić information content (AvgIpc) is 3.04. The number of carbonyl (C=O) groups is 1. The smallest absolute Gasteiger partial charge is 0.410 e. The van der Waals surface area contributed by atoms with Crippen molar-refractivity contribution in [3.05, 3.63) is 64.6 Å².